The number of halogens is 1. The van der Waals surface area contributed by atoms with Gasteiger partial charge in [0.2, 0.25) is 0 Å². The summed E-state index contributed by atoms with van der Waals surface area (Å²) in [6.07, 6.45) is 3.22. The number of cyclic esters (lactones) is 1. The van der Waals surface area contributed by atoms with Gasteiger partial charge in [0.1, 0.15) is 17.6 Å². The molecule has 0 bridgehead atoms. The quantitative estimate of drug-likeness (QED) is 0.706. The van der Waals surface area contributed by atoms with Crippen LogP contribution in [0.15, 0.2) is 28.6 Å². The van der Waals surface area contributed by atoms with Gasteiger partial charge in [-0.1, -0.05) is 18.5 Å². The van der Waals surface area contributed by atoms with Crippen molar-refractivity contribution in [3.8, 4) is 5.75 Å². The van der Waals surface area contributed by atoms with Crippen LogP contribution >= 0.6 is 11.6 Å². The maximum atomic E-state index is 13.3. The summed E-state index contributed by atoms with van der Waals surface area (Å²) in [5.74, 6) is 0.00277. The van der Waals surface area contributed by atoms with Gasteiger partial charge in [-0.15, -0.1) is 0 Å². The number of carbonyl (C=O) groups excluding carboxylic acids is 1. The third kappa shape index (κ3) is 2.62. The lowest BCUT2D eigenvalue weighted by Crippen LogP contribution is -2.47. The van der Waals surface area contributed by atoms with Crippen LogP contribution in [-0.4, -0.2) is 22.8 Å². The standard InChI is InChI=1S/C22H19ClN2O5/c1-3-22(28)8-19(26)30-10-13-14(22)6-17-20-12(9-25(17)21(13)27)4-11-5-18(29-2)15(23)7-16(11)24-20/h4-7,10,24,28H,3,8-9H2,1-2H3. The first-order chi connectivity index (χ1) is 14.3. The molecule has 2 N–H and O–H groups in total. The number of anilines is 1. The zero-order valence-corrected chi connectivity index (χ0v) is 17.2. The van der Waals surface area contributed by atoms with Crippen LogP contribution in [-0.2, 0) is 21.7 Å². The van der Waals surface area contributed by atoms with Gasteiger partial charge in [0.25, 0.3) is 5.56 Å². The van der Waals surface area contributed by atoms with Crippen molar-refractivity contribution < 1.29 is 19.4 Å². The fourth-order valence-electron chi connectivity index (χ4n) is 4.29. The van der Waals surface area contributed by atoms with Crippen LogP contribution in [0.25, 0.3) is 18.0 Å². The highest BCUT2D eigenvalue weighted by molar-refractivity contribution is 6.32. The number of esters is 1. The van der Waals surface area contributed by atoms with Crippen LogP contribution in [0.5, 0.6) is 5.75 Å². The first-order valence-corrected chi connectivity index (χ1v) is 9.98. The molecule has 0 amide bonds. The van der Waals surface area contributed by atoms with Crippen molar-refractivity contribution in [2.75, 3.05) is 12.4 Å². The average molecular weight is 427 g/mol. The number of methoxy groups -OCH3 is 1. The van der Waals surface area contributed by atoms with E-state index in [1.165, 1.54) is 0 Å². The van der Waals surface area contributed by atoms with Crippen LogP contribution in [0.2, 0.25) is 5.02 Å². The summed E-state index contributed by atoms with van der Waals surface area (Å²) in [4.78, 5) is 25.2. The summed E-state index contributed by atoms with van der Waals surface area (Å²) in [6.45, 7) is 2.14. The van der Waals surface area contributed by atoms with E-state index in [0.717, 1.165) is 28.8 Å². The topological polar surface area (TPSA) is 89.8 Å². The second-order valence-corrected chi connectivity index (χ2v) is 8.07. The molecule has 1 aromatic heterocycles. The molecule has 3 aliphatic rings. The van der Waals surface area contributed by atoms with Gasteiger partial charge in [-0.3, -0.25) is 9.59 Å². The van der Waals surface area contributed by atoms with Crippen molar-refractivity contribution in [1.82, 2.24) is 4.57 Å². The van der Waals surface area contributed by atoms with Crippen LogP contribution in [0.4, 0.5) is 5.69 Å². The predicted molar refractivity (Wildman–Crippen MR) is 112 cm³/mol. The monoisotopic (exact) mass is 426 g/mol. The van der Waals surface area contributed by atoms with Gasteiger partial charge in [-0.25, -0.2) is 0 Å². The zero-order chi connectivity index (χ0) is 21.2. The van der Waals surface area contributed by atoms with Gasteiger partial charge in [0.15, 0.2) is 0 Å². The van der Waals surface area contributed by atoms with Crippen molar-refractivity contribution in [2.45, 2.75) is 31.9 Å². The molecule has 8 heteroatoms. The Hall–Kier alpha value is -3.03. The van der Waals surface area contributed by atoms with E-state index >= 15 is 0 Å². The number of nitrogens with one attached hydrogen (secondary N) is 1. The number of ether oxygens (including phenoxy) is 2. The number of benzene rings is 1. The third-order valence-electron chi connectivity index (χ3n) is 5.99. The SMILES string of the molecule is CCC1(O)CC(=O)OC=c2c1cc1n(c2=O)CC2=Cc3cc(OC)c(Cl)cc3NC=12. The Morgan fingerprint density at radius 1 is 1.33 bits per heavy atom. The minimum Gasteiger partial charge on any atom is -0.495 e. The first-order valence-electron chi connectivity index (χ1n) is 9.61. The second kappa shape index (κ2) is 6.48. The summed E-state index contributed by atoms with van der Waals surface area (Å²) in [6, 6.07) is 5.40. The molecule has 3 aliphatic heterocycles. The van der Waals surface area contributed by atoms with E-state index in [-0.39, 0.29) is 23.6 Å². The number of nitrogens with zero attached hydrogens (tertiary/aromatic N) is 1. The summed E-state index contributed by atoms with van der Waals surface area (Å²) >= 11 is 6.28. The molecular formula is C22H19ClN2O5. The van der Waals surface area contributed by atoms with Crippen LogP contribution in [0, 0.1) is 0 Å². The lowest BCUT2D eigenvalue weighted by molar-refractivity contribution is -0.141. The van der Waals surface area contributed by atoms with Gasteiger partial charge >= 0.3 is 5.97 Å². The highest BCUT2D eigenvalue weighted by atomic mass is 35.5. The van der Waals surface area contributed by atoms with E-state index < -0.39 is 11.6 Å². The molecule has 1 atom stereocenters. The molecule has 0 fully saturated rings. The maximum absolute atomic E-state index is 13.3. The number of aromatic nitrogens is 1. The molecular weight excluding hydrogens is 408 g/mol. The Morgan fingerprint density at radius 2 is 2.13 bits per heavy atom. The highest BCUT2D eigenvalue weighted by Gasteiger charge is 2.36. The van der Waals surface area contributed by atoms with Crippen LogP contribution in [0.1, 0.15) is 30.9 Å². The van der Waals surface area contributed by atoms with E-state index in [9.17, 15) is 14.7 Å². The molecule has 0 aliphatic carbocycles. The van der Waals surface area contributed by atoms with Crippen LogP contribution < -0.4 is 26.2 Å². The zero-order valence-electron chi connectivity index (χ0n) is 16.4. The summed E-state index contributed by atoms with van der Waals surface area (Å²) in [7, 11) is 1.56. The molecule has 0 saturated heterocycles. The van der Waals surface area contributed by atoms with Crippen molar-refractivity contribution in [1.29, 1.82) is 0 Å². The van der Waals surface area contributed by atoms with Crippen molar-refractivity contribution in [2.24, 2.45) is 0 Å². The van der Waals surface area contributed by atoms with E-state index in [1.54, 1.807) is 30.7 Å². The first kappa shape index (κ1) is 19.0. The Morgan fingerprint density at radius 3 is 2.87 bits per heavy atom. The molecule has 0 spiro atoms. The van der Waals surface area contributed by atoms with E-state index in [4.69, 9.17) is 21.1 Å². The number of aliphatic hydroxyl groups is 1. The lowest BCUT2D eigenvalue weighted by atomic mass is 9.87. The molecule has 1 aromatic carbocycles. The third-order valence-corrected chi connectivity index (χ3v) is 6.28. The number of pyridine rings is 1. The lowest BCUT2D eigenvalue weighted by Gasteiger charge is -2.25. The minimum absolute atomic E-state index is 0.205. The van der Waals surface area contributed by atoms with Gasteiger partial charge < -0.3 is 24.5 Å². The summed E-state index contributed by atoms with van der Waals surface area (Å²) in [5, 5.41) is 15.8. The average Bonchev–Trinajstić information content (AvgIpc) is 3.01. The molecule has 2 aromatic rings. The Kier molecular flexibility index (Phi) is 4.10. The van der Waals surface area contributed by atoms with Crippen LogP contribution in [0.3, 0.4) is 0 Å². The fraction of sp³-hybridized carbons (Fsp3) is 0.273. The summed E-state index contributed by atoms with van der Waals surface area (Å²) in [5.41, 5.74) is 2.04. The molecule has 5 rings (SSSR count). The highest BCUT2D eigenvalue weighted by Crippen LogP contribution is 2.38. The smallest absolute Gasteiger partial charge is 0.313 e. The minimum atomic E-state index is -1.47. The van der Waals surface area contributed by atoms with Gasteiger partial charge in [-0.05, 0) is 36.3 Å². The number of hydrogen-bond acceptors (Lipinski definition) is 6. The van der Waals surface area contributed by atoms with E-state index in [0.29, 0.717) is 28.2 Å². The number of fused-ring (bicyclic) bond motifs is 4. The Labute approximate surface area is 176 Å². The molecule has 154 valence electrons. The Bertz CT molecular complexity index is 1340. The molecule has 0 saturated carbocycles. The normalized spacial score (nSPS) is 21.1. The van der Waals surface area contributed by atoms with E-state index in [1.807, 2.05) is 12.1 Å². The summed E-state index contributed by atoms with van der Waals surface area (Å²) < 4.78 is 12.0. The second-order valence-electron chi connectivity index (χ2n) is 7.66. The number of hydrogen-bond donors (Lipinski definition) is 2. The van der Waals surface area contributed by atoms with E-state index in [2.05, 4.69) is 5.32 Å². The molecule has 7 nitrogen and oxygen atoms in total. The Balaban J connectivity index is 1.77. The van der Waals surface area contributed by atoms with Crippen molar-refractivity contribution in [3.05, 3.63) is 60.8 Å². The molecule has 30 heavy (non-hydrogen) atoms. The van der Waals surface area contributed by atoms with Crippen molar-refractivity contribution >= 4 is 41.3 Å². The molecule has 0 radical (unpaired) electrons. The van der Waals surface area contributed by atoms with Gasteiger partial charge in [0.05, 0.1) is 41.4 Å². The van der Waals surface area contributed by atoms with Gasteiger partial charge in [-0.2, -0.15) is 0 Å². The number of rotatable bonds is 2. The predicted octanol–water partition coefficient (Wildman–Crippen LogP) is 1.42. The molecule has 1 unspecified atom stereocenters. The largest absolute Gasteiger partial charge is 0.495 e. The van der Waals surface area contributed by atoms with Crippen molar-refractivity contribution in [3.63, 3.8) is 0 Å². The molecule has 4 heterocycles. The van der Waals surface area contributed by atoms with Gasteiger partial charge in [0, 0.05) is 16.8 Å². The maximum Gasteiger partial charge on any atom is 0.313 e. The fourth-order valence-corrected chi connectivity index (χ4v) is 4.53. The number of carbonyl (C=O) groups is 1.